The first-order valence-corrected chi connectivity index (χ1v) is 6.80. The standard InChI is InChI=1S/C13H24N4O4/c1-9-12(17(19)20)10(2)16(15-9)7-11(18)6-14-8-13(3,4)21-5/h11,14,18H,6-8H2,1-5H3. The fourth-order valence-electron chi connectivity index (χ4n) is 2.01. The summed E-state index contributed by atoms with van der Waals surface area (Å²) < 4.78 is 6.74. The molecular formula is C13H24N4O4. The van der Waals surface area contributed by atoms with Crippen molar-refractivity contribution in [3.8, 4) is 0 Å². The summed E-state index contributed by atoms with van der Waals surface area (Å²) in [5.41, 5.74) is 0.513. The van der Waals surface area contributed by atoms with E-state index in [0.29, 0.717) is 24.5 Å². The zero-order chi connectivity index (χ0) is 16.2. The van der Waals surface area contributed by atoms with E-state index in [9.17, 15) is 15.2 Å². The van der Waals surface area contributed by atoms with Crippen LogP contribution in [0.1, 0.15) is 25.2 Å². The number of nitrogens with zero attached hydrogens (tertiary/aromatic N) is 3. The fourth-order valence-corrected chi connectivity index (χ4v) is 2.01. The van der Waals surface area contributed by atoms with Crippen LogP contribution >= 0.6 is 0 Å². The summed E-state index contributed by atoms with van der Waals surface area (Å²) in [4.78, 5) is 10.5. The highest BCUT2D eigenvalue weighted by molar-refractivity contribution is 5.39. The molecule has 0 saturated heterocycles. The number of aryl methyl sites for hydroxylation is 1. The molecule has 0 aliphatic rings. The molecule has 21 heavy (non-hydrogen) atoms. The van der Waals surface area contributed by atoms with E-state index in [-0.39, 0.29) is 17.8 Å². The lowest BCUT2D eigenvalue weighted by molar-refractivity contribution is -0.386. The predicted molar refractivity (Wildman–Crippen MR) is 78.3 cm³/mol. The second-order valence-corrected chi connectivity index (χ2v) is 5.71. The van der Waals surface area contributed by atoms with Gasteiger partial charge in [0.15, 0.2) is 0 Å². The number of nitro groups is 1. The van der Waals surface area contributed by atoms with Gasteiger partial charge >= 0.3 is 5.69 Å². The van der Waals surface area contributed by atoms with Crippen molar-refractivity contribution in [3.05, 3.63) is 21.5 Å². The molecule has 8 heteroatoms. The molecule has 1 rings (SSSR count). The van der Waals surface area contributed by atoms with Crippen LogP contribution in [-0.2, 0) is 11.3 Å². The molecule has 1 unspecified atom stereocenters. The summed E-state index contributed by atoms with van der Waals surface area (Å²) >= 11 is 0. The molecule has 1 heterocycles. The van der Waals surface area contributed by atoms with E-state index in [2.05, 4.69) is 10.4 Å². The predicted octanol–water partition coefficient (Wildman–Crippen LogP) is 0.784. The highest BCUT2D eigenvalue weighted by atomic mass is 16.6. The summed E-state index contributed by atoms with van der Waals surface area (Å²) in [5, 5.41) is 28.1. The Morgan fingerprint density at radius 3 is 2.62 bits per heavy atom. The zero-order valence-corrected chi connectivity index (χ0v) is 13.2. The van der Waals surface area contributed by atoms with Crippen LogP contribution in [0, 0.1) is 24.0 Å². The van der Waals surface area contributed by atoms with Crippen molar-refractivity contribution in [2.24, 2.45) is 0 Å². The largest absolute Gasteiger partial charge is 0.390 e. The van der Waals surface area contributed by atoms with E-state index >= 15 is 0 Å². The van der Waals surface area contributed by atoms with Crippen LogP contribution in [-0.4, -0.2) is 51.7 Å². The maximum atomic E-state index is 10.9. The van der Waals surface area contributed by atoms with Crippen LogP contribution in [0.4, 0.5) is 5.69 Å². The summed E-state index contributed by atoms with van der Waals surface area (Å²) in [6.45, 7) is 8.27. The Balaban J connectivity index is 2.58. The minimum absolute atomic E-state index is 0.00988. The molecule has 0 aliphatic heterocycles. The third-order valence-corrected chi connectivity index (χ3v) is 3.39. The van der Waals surface area contributed by atoms with Gasteiger partial charge in [0, 0.05) is 20.2 Å². The van der Waals surface area contributed by atoms with Gasteiger partial charge in [0.2, 0.25) is 0 Å². The van der Waals surface area contributed by atoms with Gasteiger partial charge in [-0.05, 0) is 27.7 Å². The highest BCUT2D eigenvalue weighted by Gasteiger charge is 2.23. The Morgan fingerprint density at radius 2 is 2.14 bits per heavy atom. The van der Waals surface area contributed by atoms with Gasteiger partial charge < -0.3 is 15.2 Å². The summed E-state index contributed by atoms with van der Waals surface area (Å²) in [6, 6.07) is 0. The Hall–Kier alpha value is -1.51. The molecule has 120 valence electrons. The van der Waals surface area contributed by atoms with Gasteiger partial charge in [-0.3, -0.25) is 14.8 Å². The van der Waals surface area contributed by atoms with Crippen molar-refractivity contribution >= 4 is 5.69 Å². The molecule has 1 aromatic rings. The molecule has 8 nitrogen and oxygen atoms in total. The smallest absolute Gasteiger partial charge is 0.312 e. The van der Waals surface area contributed by atoms with Gasteiger partial charge in [0.05, 0.1) is 23.2 Å². The molecule has 1 atom stereocenters. The minimum Gasteiger partial charge on any atom is -0.390 e. The topological polar surface area (TPSA) is 102 Å². The zero-order valence-electron chi connectivity index (χ0n) is 13.2. The maximum Gasteiger partial charge on any atom is 0.312 e. The van der Waals surface area contributed by atoms with E-state index in [4.69, 9.17) is 4.74 Å². The summed E-state index contributed by atoms with van der Waals surface area (Å²) in [5.74, 6) is 0. The Morgan fingerprint density at radius 1 is 1.52 bits per heavy atom. The normalized spacial score (nSPS) is 13.4. The van der Waals surface area contributed by atoms with Gasteiger partial charge in [0.25, 0.3) is 0 Å². The summed E-state index contributed by atoms with van der Waals surface area (Å²) in [7, 11) is 1.63. The van der Waals surface area contributed by atoms with Crippen molar-refractivity contribution in [1.82, 2.24) is 15.1 Å². The number of aromatic nitrogens is 2. The first kappa shape index (κ1) is 17.5. The lowest BCUT2D eigenvalue weighted by Crippen LogP contribution is -2.41. The van der Waals surface area contributed by atoms with E-state index in [1.54, 1.807) is 21.0 Å². The number of rotatable bonds is 8. The second kappa shape index (κ2) is 6.97. The summed E-state index contributed by atoms with van der Waals surface area (Å²) in [6.07, 6.45) is -0.685. The molecule has 0 amide bonds. The van der Waals surface area contributed by atoms with Crippen LogP contribution in [0.2, 0.25) is 0 Å². The van der Waals surface area contributed by atoms with Crippen LogP contribution in [0.25, 0.3) is 0 Å². The lowest BCUT2D eigenvalue weighted by Gasteiger charge is -2.24. The second-order valence-electron chi connectivity index (χ2n) is 5.71. The van der Waals surface area contributed by atoms with Crippen molar-refractivity contribution in [1.29, 1.82) is 0 Å². The monoisotopic (exact) mass is 300 g/mol. The first-order valence-electron chi connectivity index (χ1n) is 6.80. The molecule has 0 saturated carbocycles. The Kier molecular flexibility index (Phi) is 5.82. The average molecular weight is 300 g/mol. The van der Waals surface area contributed by atoms with E-state index in [1.807, 2.05) is 13.8 Å². The van der Waals surface area contributed by atoms with Gasteiger partial charge in [-0.15, -0.1) is 0 Å². The van der Waals surface area contributed by atoms with E-state index in [1.165, 1.54) is 4.68 Å². The molecule has 1 aromatic heterocycles. The molecule has 0 aliphatic carbocycles. The lowest BCUT2D eigenvalue weighted by atomic mass is 10.1. The van der Waals surface area contributed by atoms with Crippen molar-refractivity contribution < 1.29 is 14.8 Å². The first-order chi connectivity index (χ1) is 9.68. The molecule has 0 aromatic carbocycles. The fraction of sp³-hybridized carbons (Fsp3) is 0.769. The average Bonchev–Trinajstić information content (AvgIpc) is 2.64. The third-order valence-electron chi connectivity index (χ3n) is 3.39. The molecule has 0 fully saturated rings. The van der Waals surface area contributed by atoms with Gasteiger partial charge in [-0.2, -0.15) is 5.10 Å². The minimum atomic E-state index is -0.685. The number of nitrogens with one attached hydrogen (secondary N) is 1. The molecule has 0 radical (unpaired) electrons. The van der Waals surface area contributed by atoms with Gasteiger partial charge in [-0.1, -0.05) is 0 Å². The third kappa shape index (κ3) is 4.76. The van der Waals surface area contributed by atoms with Crippen LogP contribution in [0.5, 0.6) is 0 Å². The van der Waals surface area contributed by atoms with E-state index < -0.39 is 11.0 Å². The number of methoxy groups -OCH3 is 1. The number of hydrogen-bond acceptors (Lipinski definition) is 6. The molecule has 2 N–H and O–H groups in total. The van der Waals surface area contributed by atoms with Crippen molar-refractivity contribution in [3.63, 3.8) is 0 Å². The molecular weight excluding hydrogens is 276 g/mol. The highest BCUT2D eigenvalue weighted by Crippen LogP contribution is 2.21. The van der Waals surface area contributed by atoms with Crippen molar-refractivity contribution in [2.75, 3.05) is 20.2 Å². The maximum absolute atomic E-state index is 10.9. The SMILES string of the molecule is COC(C)(C)CNCC(O)Cn1nc(C)c([N+](=O)[O-])c1C. The van der Waals surface area contributed by atoms with Crippen LogP contribution < -0.4 is 5.32 Å². The number of aliphatic hydroxyl groups is 1. The van der Waals surface area contributed by atoms with Crippen LogP contribution in [0.15, 0.2) is 0 Å². The quantitative estimate of drug-likeness (QED) is 0.543. The number of aliphatic hydroxyl groups excluding tert-OH is 1. The molecule has 0 bridgehead atoms. The Bertz CT molecular complexity index is 499. The van der Waals surface area contributed by atoms with Crippen molar-refractivity contribution in [2.45, 2.75) is 45.9 Å². The van der Waals surface area contributed by atoms with Gasteiger partial charge in [-0.25, -0.2) is 0 Å². The number of hydrogen-bond donors (Lipinski definition) is 2. The Labute approximate surface area is 124 Å². The molecule has 0 spiro atoms. The number of ether oxygens (including phenoxy) is 1. The van der Waals surface area contributed by atoms with E-state index in [0.717, 1.165) is 0 Å². The van der Waals surface area contributed by atoms with Crippen LogP contribution in [0.3, 0.4) is 0 Å². The van der Waals surface area contributed by atoms with Gasteiger partial charge in [0.1, 0.15) is 11.4 Å².